The number of aromatic nitrogens is 3. The summed E-state index contributed by atoms with van der Waals surface area (Å²) >= 11 is 0. The number of aryl methyl sites for hydroxylation is 1. The van der Waals surface area contributed by atoms with E-state index >= 15 is 0 Å². The van der Waals surface area contributed by atoms with E-state index in [0.717, 1.165) is 45.4 Å². The molecule has 2 aliphatic heterocycles. The van der Waals surface area contributed by atoms with Gasteiger partial charge in [0, 0.05) is 37.6 Å². The van der Waals surface area contributed by atoms with Gasteiger partial charge in [0.2, 0.25) is 11.8 Å². The molecule has 2 aromatic heterocycles. The van der Waals surface area contributed by atoms with Crippen molar-refractivity contribution in [3.05, 3.63) is 102 Å². The quantitative estimate of drug-likeness (QED) is 0.259. The Labute approximate surface area is 243 Å². The molecule has 4 heterocycles. The van der Waals surface area contributed by atoms with Crippen LogP contribution in [0.4, 0.5) is 10.5 Å². The van der Waals surface area contributed by atoms with Crippen molar-refractivity contribution in [1.29, 1.82) is 0 Å². The molecular weight excluding hydrogens is 530 g/mol. The van der Waals surface area contributed by atoms with Crippen LogP contribution in [0.25, 0.3) is 22.2 Å². The number of benzene rings is 3. The highest BCUT2D eigenvalue weighted by Crippen LogP contribution is 2.41. The number of para-hydroxylation sites is 1. The molecular formula is C33H31N5O4. The van der Waals surface area contributed by atoms with Gasteiger partial charge in [-0.2, -0.15) is 10.1 Å². The van der Waals surface area contributed by atoms with Crippen LogP contribution in [0.5, 0.6) is 11.8 Å². The Morgan fingerprint density at radius 3 is 2.24 bits per heavy atom. The fourth-order valence-corrected chi connectivity index (χ4v) is 6.19. The third-order valence-electron chi connectivity index (χ3n) is 8.18. The van der Waals surface area contributed by atoms with Crippen molar-refractivity contribution in [3.63, 3.8) is 0 Å². The number of pyridine rings is 1. The summed E-state index contributed by atoms with van der Waals surface area (Å²) in [6, 6.07) is 30.2. The Balaban J connectivity index is 1.24. The molecule has 1 N–H and O–H groups in total. The summed E-state index contributed by atoms with van der Waals surface area (Å²) in [4.78, 5) is 20.3. The average Bonchev–Trinajstić information content (AvgIpc) is 3.73. The zero-order valence-electron chi connectivity index (χ0n) is 23.3. The Morgan fingerprint density at radius 2 is 1.57 bits per heavy atom. The summed E-state index contributed by atoms with van der Waals surface area (Å²) in [5.41, 5.74) is 5.71. The van der Waals surface area contributed by atoms with Crippen molar-refractivity contribution in [2.45, 2.75) is 31.7 Å². The van der Waals surface area contributed by atoms with Crippen LogP contribution in [-0.2, 0) is 20.3 Å². The molecule has 0 unspecified atom stereocenters. The van der Waals surface area contributed by atoms with Crippen LogP contribution >= 0.6 is 0 Å². The van der Waals surface area contributed by atoms with Gasteiger partial charge < -0.3 is 24.4 Å². The maximum Gasteiger partial charge on any atom is 0.407 e. The fourth-order valence-electron chi connectivity index (χ4n) is 6.19. The number of ether oxygens (including phenoxy) is 2. The van der Waals surface area contributed by atoms with E-state index in [4.69, 9.17) is 19.6 Å². The first-order chi connectivity index (χ1) is 20.5. The Morgan fingerprint density at radius 1 is 0.857 bits per heavy atom. The van der Waals surface area contributed by atoms with Crippen LogP contribution in [0, 0.1) is 0 Å². The zero-order chi connectivity index (χ0) is 28.6. The van der Waals surface area contributed by atoms with Crippen LogP contribution in [-0.4, -0.2) is 56.0 Å². The van der Waals surface area contributed by atoms with E-state index in [2.05, 4.69) is 17.0 Å². The molecule has 42 heavy (non-hydrogen) atoms. The number of amides is 1. The van der Waals surface area contributed by atoms with Crippen LogP contribution in [0.15, 0.2) is 91.0 Å². The molecule has 3 aromatic carbocycles. The highest BCUT2D eigenvalue weighted by molar-refractivity contribution is 6.01. The lowest BCUT2D eigenvalue weighted by Crippen LogP contribution is -2.48. The van der Waals surface area contributed by atoms with Gasteiger partial charge in [-0.3, -0.25) is 4.68 Å². The largest absolute Gasteiger partial charge is 0.473 e. The molecule has 0 aliphatic carbocycles. The number of carboxylic acid groups (broad SMARTS) is 1. The molecule has 1 amide bonds. The summed E-state index contributed by atoms with van der Waals surface area (Å²) in [5, 5.41) is 15.5. The van der Waals surface area contributed by atoms with E-state index in [-0.39, 0.29) is 12.1 Å². The van der Waals surface area contributed by atoms with Gasteiger partial charge in [0.15, 0.2) is 0 Å². The van der Waals surface area contributed by atoms with E-state index in [1.54, 1.807) is 4.90 Å². The summed E-state index contributed by atoms with van der Waals surface area (Å²) in [6.45, 7) is 1.96. The summed E-state index contributed by atoms with van der Waals surface area (Å²) in [7, 11) is 1.95. The minimum absolute atomic E-state index is 0.0149. The maximum absolute atomic E-state index is 11.6. The second-order valence-corrected chi connectivity index (χ2v) is 10.8. The topological polar surface area (TPSA) is 93.0 Å². The molecule has 0 saturated carbocycles. The monoisotopic (exact) mass is 561 g/mol. The first-order valence-corrected chi connectivity index (χ1v) is 14.1. The molecule has 2 fully saturated rings. The number of likely N-dealkylation sites (tertiary alicyclic amines) is 1. The number of hydrogen-bond donors (Lipinski definition) is 1. The Kier molecular flexibility index (Phi) is 6.62. The van der Waals surface area contributed by atoms with E-state index in [1.807, 2.05) is 90.6 Å². The van der Waals surface area contributed by atoms with Crippen LogP contribution in [0.3, 0.4) is 0 Å². The van der Waals surface area contributed by atoms with Crippen molar-refractivity contribution in [3.8, 4) is 23.0 Å². The number of hydrogen-bond acceptors (Lipinski definition) is 6. The first-order valence-electron chi connectivity index (χ1n) is 14.1. The van der Waals surface area contributed by atoms with Crippen molar-refractivity contribution in [2.75, 3.05) is 18.0 Å². The minimum atomic E-state index is -0.838. The van der Waals surface area contributed by atoms with Gasteiger partial charge in [-0.1, -0.05) is 72.8 Å². The number of nitrogens with zero attached hydrogens (tertiary/aromatic N) is 5. The highest BCUT2D eigenvalue weighted by atomic mass is 16.5. The minimum Gasteiger partial charge on any atom is -0.473 e. The van der Waals surface area contributed by atoms with Crippen LogP contribution in [0.2, 0.25) is 0 Å². The molecule has 2 atom stereocenters. The van der Waals surface area contributed by atoms with Gasteiger partial charge in [-0.15, -0.1) is 0 Å². The van der Waals surface area contributed by atoms with Crippen molar-refractivity contribution >= 4 is 22.7 Å². The van der Waals surface area contributed by atoms with E-state index in [1.165, 1.54) is 0 Å². The molecule has 5 aromatic rings. The number of anilines is 1. The predicted octanol–water partition coefficient (Wildman–Crippen LogP) is 5.73. The molecule has 2 saturated heterocycles. The smallest absolute Gasteiger partial charge is 0.407 e. The van der Waals surface area contributed by atoms with Crippen LogP contribution < -0.4 is 14.4 Å². The third kappa shape index (κ3) is 4.76. The second-order valence-electron chi connectivity index (χ2n) is 10.8. The number of piperazine rings is 1. The van der Waals surface area contributed by atoms with Gasteiger partial charge in [-0.25, -0.2) is 4.79 Å². The maximum atomic E-state index is 11.6. The van der Waals surface area contributed by atoms with E-state index < -0.39 is 6.09 Å². The summed E-state index contributed by atoms with van der Waals surface area (Å²) in [5.74, 6) is 0.926. The molecule has 9 heteroatoms. The van der Waals surface area contributed by atoms with Gasteiger partial charge in [0.25, 0.3) is 0 Å². The highest BCUT2D eigenvalue weighted by Gasteiger charge is 2.46. The van der Waals surface area contributed by atoms with E-state index in [9.17, 15) is 9.90 Å². The fraction of sp³-hybridized carbons (Fsp3) is 0.242. The van der Waals surface area contributed by atoms with Gasteiger partial charge >= 0.3 is 6.09 Å². The molecule has 0 spiro atoms. The lowest BCUT2D eigenvalue weighted by atomic mass is 10.1. The van der Waals surface area contributed by atoms with Crippen molar-refractivity contribution in [2.24, 2.45) is 7.05 Å². The first kappa shape index (κ1) is 25.9. The molecule has 212 valence electrons. The lowest BCUT2D eigenvalue weighted by molar-refractivity contribution is 0.137. The number of fused-ring (bicyclic) bond motifs is 3. The van der Waals surface area contributed by atoms with Gasteiger partial charge in [0.1, 0.15) is 18.9 Å². The average molecular weight is 562 g/mol. The summed E-state index contributed by atoms with van der Waals surface area (Å²) in [6.07, 6.45) is 0.00841. The molecule has 7 rings (SSSR count). The van der Waals surface area contributed by atoms with Crippen molar-refractivity contribution in [1.82, 2.24) is 19.7 Å². The molecule has 2 bridgehead atoms. The number of rotatable bonds is 8. The Hall–Kier alpha value is -5.05. The SMILES string of the molecule is Cn1nc(-c2ccc(OCc3ccccc3)nc2OCc2ccccc2)c2cccc(N3C[C@H]4C[C@@H]3CN4C(=O)O)c21. The third-order valence-corrected chi connectivity index (χ3v) is 8.18. The number of carbonyl (C=O) groups is 1. The zero-order valence-corrected chi connectivity index (χ0v) is 23.3. The summed E-state index contributed by atoms with van der Waals surface area (Å²) < 4.78 is 14.3. The van der Waals surface area contributed by atoms with E-state index in [0.29, 0.717) is 38.1 Å². The van der Waals surface area contributed by atoms with Gasteiger partial charge in [-0.05, 0) is 29.7 Å². The lowest BCUT2D eigenvalue weighted by Gasteiger charge is -2.34. The second kappa shape index (κ2) is 10.7. The molecule has 2 aliphatic rings. The van der Waals surface area contributed by atoms with Gasteiger partial charge in [0.05, 0.1) is 22.8 Å². The standard InChI is InChI=1S/C33H31N5O4/c1-36-31-26(13-8-14-28(31)37-18-25-17-24(37)19-38(25)33(39)40)30(35-36)27-15-16-29(41-20-22-9-4-2-5-10-22)34-32(27)42-21-23-11-6-3-7-12-23/h2-16,24-25H,17-21H2,1H3,(H,39,40)/t24-,25-/m1/s1. The normalized spacial score (nSPS) is 17.6. The van der Waals surface area contributed by atoms with Crippen molar-refractivity contribution < 1.29 is 19.4 Å². The van der Waals surface area contributed by atoms with Crippen LogP contribution in [0.1, 0.15) is 17.5 Å². The molecule has 0 radical (unpaired) electrons. The molecule has 9 nitrogen and oxygen atoms in total. The Bertz CT molecular complexity index is 1740. The predicted molar refractivity (Wildman–Crippen MR) is 160 cm³/mol.